The van der Waals surface area contributed by atoms with Crippen molar-refractivity contribution in [3.8, 4) is 0 Å². The zero-order chi connectivity index (χ0) is 55.7. The molecule has 2 unspecified atom stereocenters. The van der Waals surface area contributed by atoms with Gasteiger partial charge in [-0.1, -0.05) is 270 Å². The summed E-state index contributed by atoms with van der Waals surface area (Å²) in [4.78, 5) is 0. The number of rotatable bonds is 0. The fourth-order valence-electron chi connectivity index (χ4n) is 17.4. The maximum Gasteiger partial charge on any atom is -0.00861 e. The lowest BCUT2D eigenvalue weighted by Crippen LogP contribution is -2.24. The molecule has 2 atom stereocenters. The first-order valence-electron chi connectivity index (χ1n) is 32.7. The van der Waals surface area contributed by atoms with Crippen molar-refractivity contribution >= 4 is 0 Å². The number of allylic oxidation sites excluding steroid dienone is 12. The summed E-state index contributed by atoms with van der Waals surface area (Å²) in [6, 6.07) is 0. The highest BCUT2D eigenvalue weighted by Gasteiger charge is 2.56. The molecule has 7 saturated carbocycles. The average Bonchev–Trinajstić information content (AvgIpc) is 4.15. The molecule has 0 nitrogen and oxygen atoms in total. The van der Waals surface area contributed by atoms with Crippen molar-refractivity contribution < 1.29 is 0 Å². The van der Waals surface area contributed by atoms with E-state index in [1.807, 2.05) is 63.8 Å². The van der Waals surface area contributed by atoms with Crippen molar-refractivity contribution in [3.05, 3.63) is 66.9 Å². The molecule has 74 heavy (non-hydrogen) atoms. The van der Waals surface area contributed by atoms with Crippen LogP contribution in [0.4, 0.5) is 0 Å². The number of hydrogen-bond donors (Lipinski definition) is 0. The Balaban J connectivity index is 0.000000195. The Morgan fingerprint density at radius 3 is 0.770 bits per heavy atom. The summed E-state index contributed by atoms with van der Waals surface area (Å²) in [5.74, 6) is 2.13. The van der Waals surface area contributed by atoms with Gasteiger partial charge in [0, 0.05) is 0 Å². The van der Waals surface area contributed by atoms with Crippen molar-refractivity contribution in [1.29, 1.82) is 0 Å². The molecule has 10 aliphatic carbocycles. The minimum absolute atomic E-state index is 0.334. The molecule has 0 heteroatoms. The third kappa shape index (κ3) is 13.7. The van der Waals surface area contributed by atoms with Gasteiger partial charge in [0.05, 0.1) is 0 Å². The Kier molecular flexibility index (Phi) is 20.6. The molecule has 0 aromatic rings. The quantitative estimate of drug-likeness (QED) is 0.227. The van der Waals surface area contributed by atoms with Gasteiger partial charge in [0.15, 0.2) is 0 Å². The summed E-state index contributed by atoms with van der Waals surface area (Å²) in [5, 5.41) is 0. The molecule has 0 heterocycles. The van der Waals surface area contributed by atoms with Crippen LogP contribution in [0.1, 0.15) is 340 Å². The highest BCUT2D eigenvalue weighted by molar-refractivity contribution is 5.57. The molecule has 0 amide bonds. The van der Waals surface area contributed by atoms with Gasteiger partial charge in [0.2, 0.25) is 0 Å². The van der Waals surface area contributed by atoms with Crippen LogP contribution in [-0.2, 0) is 0 Å². The smallest absolute Gasteiger partial charge is 0.00861 e. The first kappa shape index (κ1) is 63.3. The summed E-state index contributed by atoms with van der Waals surface area (Å²) in [7, 11) is 0. The minimum Gasteiger partial charge on any atom is -0.0683 e. The molecule has 0 aromatic heterocycles. The molecule has 0 aromatic carbocycles. The molecule has 10 rings (SSSR count). The summed E-state index contributed by atoms with van der Waals surface area (Å²) in [6.07, 6.45) is 39.0. The molecule has 0 radical (unpaired) electrons. The van der Waals surface area contributed by atoms with Crippen LogP contribution in [0.5, 0.6) is 0 Å². The second-order valence-electron chi connectivity index (χ2n) is 32.2. The van der Waals surface area contributed by atoms with Gasteiger partial charge < -0.3 is 0 Å². The van der Waals surface area contributed by atoms with Gasteiger partial charge in [0.1, 0.15) is 0 Å². The van der Waals surface area contributed by atoms with E-state index >= 15 is 0 Å². The average molecular weight is 1020 g/mol. The van der Waals surface area contributed by atoms with Crippen molar-refractivity contribution in [2.45, 2.75) is 340 Å². The van der Waals surface area contributed by atoms with E-state index in [2.05, 4.69) is 125 Å². The van der Waals surface area contributed by atoms with E-state index in [0.717, 1.165) is 11.8 Å². The van der Waals surface area contributed by atoms with Crippen LogP contribution < -0.4 is 0 Å². The van der Waals surface area contributed by atoms with Crippen LogP contribution in [0.25, 0.3) is 0 Å². The Bertz CT molecular complexity index is 1980. The lowest BCUT2D eigenvalue weighted by Gasteiger charge is -2.33. The molecule has 7 fully saturated rings. The fourth-order valence-corrected chi connectivity index (χ4v) is 17.4. The number of hydrogen-bond acceptors (Lipinski definition) is 0. The van der Waals surface area contributed by atoms with Crippen molar-refractivity contribution in [1.82, 2.24) is 0 Å². The molecule has 0 aliphatic heterocycles. The maximum absolute atomic E-state index is 2.44. The van der Waals surface area contributed by atoms with Crippen LogP contribution in [0.3, 0.4) is 0 Å². The predicted molar refractivity (Wildman–Crippen MR) is 332 cm³/mol. The van der Waals surface area contributed by atoms with Crippen LogP contribution in [0, 0.1) is 60.6 Å². The molecule has 0 N–H and O–H groups in total. The summed E-state index contributed by atoms with van der Waals surface area (Å²) >= 11 is 0. The molecular weight excluding hydrogens is 889 g/mol. The second kappa shape index (κ2) is 24.0. The Morgan fingerprint density at radius 2 is 0.514 bits per heavy atom. The second-order valence-corrected chi connectivity index (χ2v) is 32.2. The molecular formula is C74H128. The maximum atomic E-state index is 2.44. The molecule has 424 valence electrons. The van der Waals surface area contributed by atoms with Gasteiger partial charge in [0.25, 0.3) is 0 Å². The molecule has 3 spiro atoms. The van der Waals surface area contributed by atoms with E-state index < -0.39 is 0 Å². The number of fused-ring (bicyclic) bond motifs is 5. The van der Waals surface area contributed by atoms with Crippen molar-refractivity contribution in [2.75, 3.05) is 0 Å². The molecule has 0 saturated heterocycles. The lowest BCUT2D eigenvalue weighted by molar-refractivity contribution is 0.201. The van der Waals surface area contributed by atoms with Gasteiger partial charge in [-0.15, -0.1) is 0 Å². The van der Waals surface area contributed by atoms with Gasteiger partial charge >= 0.3 is 0 Å². The van der Waals surface area contributed by atoms with E-state index in [1.165, 1.54) is 173 Å². The van der Waals surface area contributed by atoms with Gasteiger partial charge in [-0.2, -0.15) is 0 Å². The van der Waals surface area contributed by atoms with Gasteiger partial charge in [-0.05, 0) is 197 Å². The predicted octanol–water partition coefficient (Wildman–Crippen LogP) is 25.0. The standard InChI is InChI=1S/C23H36.C23H38.C22H36.3C2H6/c1-21(2,3)19-12-20(22(4,5)6)17-14-23(13-16(17)19)11-10-15-8-7-9-18(15)23;1-21(2,3)19-14-20(22(4,5)6)18-16-23(15-17(18)19)12-10-8-7-9-11-13-23;1-20(2,3)18-13-19(21(4,5)6)17-15-22(14-16(17)18)11-9-7-8-10-12-22;3*1-2/h15,18H,7-14H2,1-6H3;7-16H2,1-6H3;7-15H2,1-6H3;3*1-2H3. The van der Waals surface area contributed by atoms with Crippen molar-refractivity contribution in [3.63, 3.8) is 0 Å². The minimum atomic E-state index is 0.334. The summed E-state index contributed by atoms with van der Waals surface area (Å²) in [6.45, 7) is 55.8. The first-order chi connectivity index (χ1) is 34.4. The zero-order valence-corrected chi connectivity index (χ0v) is 54.7. The van der Waals surface area contributed by atoms with Crippen LogP contribution in [0.2, 0.25) is 0 Å². The van der Waals surface area contributed by atoms with E-state index in [1.54, 1.807) is 44.6 Å². The Hall–Kier alpha value is -1.56. The van der Waals surface area contributed by atoms with E-state index in [9.17, 15) is 0 Å². The largest absolute Gasteiger partial charge is 0.0683 e. The summed E-state index contributed by atoms with van der Waals surface area (Å²) in [5.41, 5.74) is 25.5. The normalized spacial score (nSPS) is 26.3. The SMILES string of the molecule is CC.CC.CC.CC(C)(C)C1=C2CC3(CCC4CCCC43)CC2=C(C(C)(C)C)C1.CC(C)(C)C1=C2CC3(CCCCCC3)CC2=C(C(C)(C)C)C1.CC(C)(C)C1=C2CC3(CCCCCCC3)CC2=C(C(C)(C)C)C1. The highest BCUT2D eigenvalue weighted by Crippen LogP contribution is 2.68. The molecule has 10 aliphatic rings. The Morgan fingerprint density at radius 1 is 0.270 bits per heavy atom. The molecule has 0 bridgehead atoms. The third-order valence-corrected chi connectivity index (χ3v) is 21.1. The third-order valence-electron chi connectivity index (χ3n) is 21.1. The van der Waals surface area contributed by atoms with Crippen LogP contribution in [-0.4, -0.2) is 0 Å². The van der Waals surface area contributed by atoms with E-state index in [0.29, 0.717) is 48.7 Å². The van der Waals surface area contributed by atoms with Crippen molar-refractivity contribution in [2.24, 2.45) is 60.6 Å². The van der Waals surface area contributed by atoms with Crippen LogP contribution in [0.15, 0.2) is 66.9 Å². The fraction of sp³-hybridized carbons (Fsp3) is 0.838. The zero-order valence-electron chi connectivity index (χ0n) is 54.7. The summed E-state index contributed by atoms with van der Waals surface area (Å²) < 4.78 is 0. The highest BCUT2D eigenvalue weighted by atomic mass is 14.6. The van der Waals surface area contributed by atoms with Gasteiger partial charge in [-0.3, -0.25) is 0 Å². The van der Waals surface area contributed by atoms with Crippen LogP contribution >= 0.6 is 0 Å². The first-order valence-corrected chi connectivity index (χ1v) is 32.7. The topological polar surface area (TPSA) is 0 Å². The van der Waals surface area contributed by atoms with Gasteiger partial charge in [-0.25, -0.2) is 0 Å². The Labute approximate surface area is 464 Å². The van der Waals surface area contributed by atoms with E-state index in [4.69, 9.17) is 0 Å². The monoisotopic (exact) mass is 1020 g/mol. The van der Waals surface area contributed by atoms with E-state index in [-0.39, 0.29) is 0 Å². The lowest BCUT2D eigenvalue weighted by atomic mass is 9.71.